The molecule has 2 aliphatic heterocycles. The molecule has 2 heterocycles. The molecule has 0 aromatic heterocycles. The number of carbonyl (C=O) groups is 4. The summed E-state index contributed by atoms with van der Waals surface area (Å²) < 4.78 is 0. The van der Waals surface area contributed by atoms with Crippen LogP contribution in [0.1, 0.15) is 51.0 Å². The molecule has 3 aromatic rings. The summed E-state index contributed by atoms with van der Waals surface area (Å²) in [4.78, 5) is 50.0. The zero-order valence-corrected chi connectivity index (χ0v) is 19.9. The molecule has 3 aromatic carbocycles. The highest BCUT2D eigenvalue weighted by Gasteiger charge is 2.50. The fourth-order valence-electron chi connectivity index (χ4n) is 5.77. The molecule has 0 fully saturated rings. The molecule has 1 aliphatic carbocycles. The van der Waals surface area contributed by atoms with Crippen molar-refractivity contribution in [2.45, 2.75) is 44.4 Å². The van der Waals surface area contributed by atoms with Crippen LogP contribution in [0.4, 0.5) is 17.1 Å². The summed E-state index contributed by atoms with van der Waals surface area (Å²) >= 11 is 0. The molecule has 1 unspecified atom stereocenters. The average molecular weight is 480 g/mol. The third-order valence-corrected chi connectivity index (χ3v) is 7.53. The van der Waals surface area contributed by atoms with E-state index in [1.165, 1.54) is 0 Å². The number of para-hydroxylation sites is 1. The van der Waals surface area contributed by atoms with E-state index < -0.39 is 5.41 Å². The van der Waals surface area contributed by atoms with E-state index in [2.05, 4.69) is 16.0 Å². The van der Waals surface area contributed by atoms with Crippen LogP contribution in [0.25, 0.3) is 0 Å². The van der Waals surface area contributed by atoms with Crippen molar-refractivity contribution in [3.05, 3.63) is 88.0 Å². The van der Waals surface area contributed by atoms with Crippen LogP contribution in [0.3, 0.4) is 0 Å². The minimum atomic E-state index is -0.595. The molecule has 7 nitrogen and oxygen atoms in total. The molecule has 0 bridgehead atoms. The lowest BCUT2D eigenvalue weighted by Crippen LogP contribution is -2.35. The summed E-state index contributed by atoms with van der Waals surface area (Å²) in [7, 11) is 0. The molecule has 180 valence electrons. The molecule has 1 atom stereocenters. The number of hydrogen-bond acceptors (Lipinski definition) is 4. The first-order valence-corrected chi connectivity index (χ1v) is 12.1. The van der Waals surface area contributed by atoms with E-state index >= 15 is 0 Å². The number of Topliss-reactive ketones (excluding diaryl/α,β-unsaturated/α-hetero) is 1. The van der Waals surface area contributed by atoms with E-state index in [4.69, 9.17) is 0 Å². The molecule has 0 saturated heterocycles. The minimum Gasteiger partial charge on any atom is -0.326 e. The highest BCUT2D eigenvalue weighted by Crippen LogP contribution is 2.47. The van der Waals surface area contributed by atoms with Crippen molar-refractivity contribution in [1.82, 2.24) is 0 Å². The summed E-state index contributed by atoms with van der Waals surface area (Å²) in [5, 5.41) is 8.73. The van der Waals surface area contributed by atoms with Gasteiger partial charge in [-0.1, -0.05) is 24.3 Å². The number of aryl methyl sites for hydroxylation is 1. The van der Waals surface area contributed by atoms with E-state index in [0.29, 0.717) is 24.1 Å². The van der Waals surface area contributed by atoms with E-state index in [1.807, 2.05) is 49.4 Å². The van der Waals surface area contributed by atoms with Crippen LogP contribution < -0.4 is 16.0 Å². The largest absolute Gasteiger partial charge is 0.326 e. The molecule has 0 saturated carbocycles. The van der Waals surface area contributed by atoms with Gasteiger partial charge in [-0.25, -0.2) is 0 Å². The fraction of sp³-hybridized carbons (Fsp3) is 0.241. The van der Waals surface area contributed by atoms with Crippen molar-refractivity contribution in [3.63, 3.8) is 0 Å². The maximum atomic E-state index is 12.9. The van der Waals surface area contributed by atoms with Crippen LogP contribution in [0.15, 0.2) is 54.6 Å². The van der Waals surface area contributed by atoms with Crippen LogP contribution in [0, 0.1) is 6.92 Å². The standard InChI is InChI=1S/C29H25N3O4/c1-16-10-18(11-19-13-26(35)32-27(16)19)24(33)8-9-25(34)30-21-7-6-17-14-29(15-20(17)12-21)22-4-2-3-5-23(22)31-28(29)36/h2-7,10-12H,8-9,13-15H2,1H3,(H,30,34)(H,31,36)(H,32,35). The number of fused-ring (bicyclic) bond motifs is 4. The quantitative estimate of drug-likeness (QED) is 0.480. The molecule has 3 N–H and O–H groups in total. The Morgan fingerprint density at radius 2 is 1.72 bits per heavy atom. The number of ketones is 1. The zero-order valence-electron chi connectivity index (χ0n) is 19.9. The van der Waals surface area contributed by atoms with Crippen molar-refractivity contribution in [3.8, 4) is 0 Å². The summed E-state index contributed by atoms with van der Waals surface area (Å²) in [6.45, 7) is 1.86. The summed E-state index contributed by atoms with van der Waals surface area (Å²) in [6.07, 6.45) is 1.63. The first kappa shape index (κ1) is 22.2. The van der Waals surface area contributed by atoms with Gasteiger partial charge in [0.05, 0.1) is 11.8 Å². The summed E-state index contributed by atoms with van der Waals surface area (Å²) in [5.74, 6) is -0.423. The second-order valence-electron chi connectivity index (χ2n) is 9.94. The molecular weight excluding hydrogens is 454 g/mol. The van der Waals surface area contributed by atoms with Crippen LogP contribution in [-0.4, -0.2) is 23.5 Å². The lowest BCUT2D eigenvalue weighted by Gasteiger charge is -2.20. The maximum absolute atomic E-state index is 12.9. The molecular formula is C29H25N3O4. The Hall–Kier alpha value is -4.26. The monoisotopic (exact) mass is 479 g/mol. The molecule has 3 amide bonds. The molecule has 7 heteroatoms. The highest BCUT2D eigenvalue weighted by molar-refractivity contribution is 6.07. The number of hydrogen-bond donors (Lipinski definition) is 3. The fourth-order valence-corrected chi connectivity index (χ4v) is 5.77. The van der Waals surface area contributed by atoms with Crippen molar-refractivity contribution >= 4 is 40.6 Å². The Morgan fingerprint density at radius 3 is 2.58 bits per heavy atom. The number of anilines is 3. The minimum absolute atomic E-state index is 0.0194. The van der Waals surface area contributed by atoms with Gasteiger partial charge in [-0.3, -0.25) is 19.2 Å². The van der Waals surface area contributed by atoms with Crippen LogP contribution in [0.2, 0.25) is 0 Å². The lowest BCUT2D eigenvalue weighted by molar-refractivity contribution is -0.120. The van der Waals surface area contributed by atoms with E-state index in [-0.39, 0.29) is 42.8 Å². The van der Waals surface area contributed by atoms with Gasteiger partial charge in [0.15, 0.2) is 5.78 Å². The van der Waals surface area contributed by atoms with Gasteiger partial charge in [-0.05, 0) is 77.9 Å². The Morgan fingerprint density at radius 1 is 0.917 bits per heavy atom. The van der Waals surface area contributed by atoms with Gasteiger partial charge in [0.25, 0.3) is 0 Å². The molecule has 0 radical (unpaired) electrons. The first-order chi connectivity index (χ1) is 17.3. The zero-order chi connectivity index (χ0) is 25.0. The highest BCUT2D eigenvalue weighted by atomic mass is 16.2. The van der Waals surface area contributed by atoms with Gasteiger partial charge in [0.2, 0.25) is 17.7 Å². The smallest absolute Gasteiger partial charge is 0.235 e. The lowest BCUT2D eigenvalue weighted by atomic mass is 9.79. The van der Waals surface area contributed by atoms with Crippen molar-refractivity contribution in [1.29, 1.82) is 0 Å². The number of amides is 3. The number of carbonyl (C=O) groups excluding carboxylic acids is 4. The molecule has 36 heavy (non-hydrogen) atoms. The van der Waals surface area contributed by atoms with Gasteiger partial charge in [-0.2, -0.15) is 0 Å². The van der Waals surface area contributed by atoms with Crippen molar-refractivity contribution in [2.75, 3.05) is 16.0 Å². The topological polar surface area (TPSA) is 104 Å². The first-order valence-electron chi connectivity index (χ1n) is 12.1. The SMILES string of the molecule is Cc1cc(C(=O)CCC(=O)Nc2ccc3c(c2)CC2(C3)C(=O)Nc3ccccc32)cc2c1NC(=O)C2. The van der Waals surface area contributed by atoms with Crippen LogP contribution in [-0.2, 0) is 39.1 Å². The number of rotatable bonds is 5. The third-order valence-electron chi connectivity index (χ3n) is 7.53. The third kappa shape index (κ3) is 3.59. The van der Waals surface area contributed by atoms with Crippen LogP contribution >= 0.6 is 0 Å². The maximum Gasteiger partial charge on any atom is 0.235 e. The van der Waals surface area contributed by atoms with Gasteiger partial charge in [0, 0.05) is 35.5 Å². The summed E-state index contributed by atoms with van der Waals surface area (Å²) in [6, 6.07) is 17.1. The number of benzene rings is 3. The predicted octanol–water partition coefficient (Wildman–Crippen LogP) is 4.08. The Balaban J connectivity index is 1.11. The summed E-state index contributed by atoms with van der Waals surface area (Å²) in [5.41, 5.74) is 7.09. The predicted molar refractivity (Wildman–Crippen MR) is 136 cm³/mol. The Bertz CT molecular complexity index is 1490. The molecule has 6 rings (SSSR count). The Labute approximate surface area is 208 Å². The van der Waals surface area contributed by atoms with Crippen LogP contribution in [0.5, 0.6) is 0 Å². The number of nitrogens with one attached hydrogen (secondary N) is 3. The normalized spacial score (nSPS) is 18.9. The second kappa shape index (κ2) is 8.16. The average Bonchev–Trinajstić information content (AvgIpc) is 3.50. The van der Waals surface area contributed by atoms with Gasteiger partial charge in [-0.15, -0.1) is 0 Å². The van der Waals surface area contributed by atoms with Gasteiger partial charge < -0.3 is 16.0 Å². The second-order valence-corrected chi connectivity index (χ2v) is 9.94. The van der Waals surface area contributed by atoms with E-state index in [0.717, 1.165) is 39.2 Å². The van der Waals surface area contributed by atoms with Gasteiger partial charge >= 0.3 is 0 Å². The molecule has 1 spiro atoms. The van der Waals surface area contributed by atoms with Gasteiger partial charge in [0.1, 0.15) is 0 Å². The van der Waals surface area contributed by atoms with Crippen molar-refractivity contribution in [2.24, 2.45) is 0 Å². The Kier molecular flexibility index (Phi) is 5.03. The van der Waals surface area contributed by atoms with Crippen molar-refractivity contribution < 1.29 is 19.2 Å². The van der Waals surface area contributed by atoms with E-state index in [1.54, 1.807) is 12.1 Å². The van der Waals surface area contributed by atoms with E-state index in [9.17, 15) is 19.2 Å². The molecule has 3 aliphatic rings.